The molecule has 3 nitrogen and oxygen atoms in total. The minimum Gasteiger partial charge on any atom is -0.374 e. The highest BCUT2D eigenvalue weighted by atomic mass is 79.9. The third-order valence-electron chi connectivity index (χ3n) is 4.57. The Morgan fingerprint density at radius 1 is 1.26 bits per heavy atom. The zero-order valence-electron chi connectivity index (χ0n) is 12.3. The van der Waals surface area contributed by atoms with Crippen LogP contribution in [0.5, 0.6) is 0 Å². The Hall–Kier alpha value is 0.360. The van der Waals surface area contributed by atoms with E-state index in [1.165, 1.54) is 32.1 Å². The first-order valence-electron chi connectivity index (χ1n) is 7.97. The summed E-state index contributed by atoms with van der Waals surface area (Å²) in [6.45, 7) is 8.81. The van der Waals surface area contributed by atoms with Gasteiger partial charge < -0.3 is 4.74 Å². The molecule has 0 amide bonds. The molecule has 112 valence electrons. The van der Waals surface area contributed by atoms with Crippen molar-refractivity contribution in [3.8, 4) is 0 Å². The van der Waals surface area contributed by atoms with Crippen LogP contribution in [-0.2, 0) is 4.74 Å². The maximum absolute atomic E-state index is 5.98. The predicted molar refractivity (Wildman–Crippen MR) is 84.1 cm³/mol. The molecule has 0 spiro atoms. The van der Waals surface area contributed by atoms with Crippen molar-refractivity contribution in [1.82, 2.24) is 9.80 Å². The molecule has 2 aliphatic rings. The van der Waals surface area contributed by atoms with Crippen LogP contribution in [0.1, 0.15) is 39.0 Å². The Balaban J connectivity index is 1.84. The molecule has 2 rings (SSSR count). The van der Waals surface area contributed by atoms with Crippen LogP contribution < -0.4 is 0 Å². The highest BCUT2D eigenvalue weighted by Gasteiger charge is 2.26. The molecular weight excluding hydrogens is 304 g/mol. The maximum Gasteiger partial charge on any atom is 0.0829 e. The lowest BCUT2D eigenvalue weighted by Gasteiger charge is -2.39. The predicted octanol–water partition coefficient (Wildman–Crippen LogP) is 2.74. The molecular formula is C15H29BrN2O. The van der Waals surface area contributed by atoms with Crippen LogP contribution in [0.4, 0.5) is 0 Å². The SMILES string of the molecule is CCN1CCOC(CN(CCBr)C2CCCCC2)C1. The Labute approximate surface area is 126 Å². The van der Waals surface area contributed by atoms with E-state index in [-0.39, 0.29) is 0 Å². The maximum atomic E-state index is 5.98. The van der Waals surface area contributed by atoms with Crippen LogP contribution in [0, 0.1) is 0 Å². The summed E-state index contributed by atoms with van der Waals surface area (Å²) in [5.41, 5.74) is 0. The van der Waals surface area contributed by atoms with E-state index in [1.54, 1.807) is 0 Å². The van der Waals surface area contributed by atoms with Gasteiger partial charge in [0, 0.05) is 37.6 Å². The lowest BCUT2D eigenvalue weighted by atomic mass is 9.94. The third kappa shape index (κ3) is 5.00. The number of hydrogen-bond acceptors (Lipinski definition) is 3. The topological polar surface area (TPSA) is 15.7 Å². The van der Waals surface area contributed by atoms with E-state index in [0.29, 0.717) is 6.10 Å². The summed E-state index contributed by atoms with van der Waals surface area (Å²) in [4.78, 5) is 5.19. The Morgan fingerprint density at radius 2 is 2.05 bits per heavy atom. The van der Waals surface area contributed by atoms with Crippen LogP contribution >= 0.6 is 15.9 Å². The summed E-state index contributed by atoms with van der Waals surface area (Å²) >= 11 is 3.61. The first kappa shape index (κ1) is 15.7. The van der Waals surface area contributed by atoms with Crippen LogP contribution in [0.3, 0.4) is 0 Å². The second kappa shape index (κ2) is 8.60. The summed E-state index contributed by atoms with van der Waals surface area (Å²) in [6.07, 6.45) is 7.44. The van der Waals surface area contributed by atoms with Crippen molar-refractivity contribution < 1.29 is 4.74 Å². The normalized spacial score (nSPS) is 27.0. The smallest absolute Gasteiger partial charge is 0.0829 e. The number of hydrogen-bond donors (Lipinski definition) is 0. The van der Waals surface area contributed by atoms with E-state index >= 15 is 0 Å². The Morgan fingerprint density at radius 3 is 2.74 bits per heavy atom. The number of morpholine rings is 1. The lowest BCUT2D eigenvalue weighted by molar-refractivity contribution is -0.0482. The second-order valence-corrected chi connectivity index (χ2v) is 6.65. The fraction of sp³-hybridized carbons (Fsp3) is 1.00. The fourth-order valence-corrected chi connectivity index (χ4v) is 3.87. The number of ether oxygens (including phenoxy) is 1. The molecule has 0 N–H and O–H groups in total. The lowest BCUT2D eigenvalue weighted by Crippen LogP contribution is -2.50. The molecule has 0 radical (unpaired) electrons. The molecule has 19 heavy (non-hydrogen) atoms. The van der Waals surface area contributed by atoms with E-state index in [4.69, 9.17) is 4.74 Å². The standard InChI is InChI=1S/C15H29BrN2O/c1-2-17-10-11-19-15(12-17)13-18(9-8-16)14-6-4-3-5-7-14/h14-15H,2-13H2,1H3. The van der Waals surface area contributed by atoms with Crippen molar-refractivity contribution in [3.05, 3.63) is 0 Å². The van der Waals surface area contributed by atoms with Gasteiger partial charge in [-0.3, -0.25) is 9.80 Å². The highest BCUT2D eigenvalue weighted by Crippen LogP contribution is 2.23. The number of alkyl halides is 1. The van der Waals surface area contributed by atoms with Gasteiger partial charge in [-0.2, -0.15) is 0 Å². The molecule has 1 saturated heterocycles. The van der Waals surface area contributed by atoms with Gasteiger partial charge in [0.1, 0.15) is 0 Å². The molecule has 0 aromatic rings. The van der Waals surface area contributed by atoms with E-state index < -0.39 is 0 Å². The van der Waals surface area contributed by atoms with Crippen molar-refractivity contribution in [2.45, 2.75) is 51.2 Å². The highest BCUT2D eigenvalue weighted by molar-refractivity contribution is 9.09. The zero-order valence-corrected chi connectivity index (χ0v) is 13.9. The van der Waals surface area contributed by atoms with Gasteiger partial charge in [-0.1, -0.05) is 42.1 Å². The largest absolute Gasteiger partial charge is 0.374 e. The molecule has 0 bridgehead atoms. The van der Waals surface area contributed by atoms with Gasteiger partial charge in [-0.15, -0.1) is 0 Å². The molecule has 1 aliphatic carbocycles. The number of rotatable bonds is 6. The molecule has 0 aromatic heterocycles. The van der Waals surface area contributed by atoms with Gasteiger partial charge >= 0.3 is 0 Å². The van der Waals surface area contributed by atoms with Gasteiger partial charge in [0.2, 0.25) is 0 Å². The minimum atomic E-state index is 0.412. The quantitative estimate of drug-likeness (QED) is 0.695. The zero-order chi connectivity index (χ0) is 13.5. The van der Waals surface area contributed by atoms with Crippen LogP contribution in [0.2, 0.25) is 0 Å². The van der Waals surface area contributed by atoms with Crippen molar-refractivity contribution in [2.24, 2.45) is 0 Å². The van der Waals surface area contributed by atoms with Gasteiger partial charge in [-0.05, 0) is 19.4 Å². The average molecular weight is 333 g/mol. The summed E-state index contributed by atoms with van der Waals surface area (Å²) in [7, 11) is 0. The molecule has 1 atom stereocenters. The van der Waals surface area contributed by atoms with Gasteiger partial charge in [0.15, 0.2) is 0 Å². The summed E-state index contributed by atoms with van der Waals surface area (Å²) in [5, 5.41) is 1.08. The molecule has 1 saturated carbocycles. The molecule has 1 heterocycles. The van der Waals surface area contributed by atoms with Crippen LogP contribution in [0.15, 0.2) is 0 Å². The fourth-order valence-electron chi connectivity index (χ4n) is 3.42. The molecule has 1 aliphatic heterocycles. The van der Waals surface area contributed by atoms with Crippen LogP contribution in [-0.4, -0.2) is 66.6 Å². The summed E-state index contributed by atoms with van der Waals surface area (Å²) in [5.74, 6) is 0. The second-order valence-electron chi connectivity index (χ2n) is 5.86. The summed E-state index contributed by atoms with van der Waals surface area (Å²) in [6, 6.07) is 0.798. The molecule has 0 aromatic carbocycles. The van der Waals surface area contributed by atoms with Crippen molar-refractivity contribution in [1.29, 1.82) is 0 Å². The van der Waals surface area contributed by atoms with Crippen molar-refractivity contribution >= 4 is 15.9 Å². The first-order valence-corrected chi connectivity index (χ1v) is 9.09. The molecule has 4 heteroatoms. The monoisotopic (exact) mass is 332 g/mol. The van der Waals surface area contributed by atoms with E-state index in [9.17, 15) is 0 Å². The average Bonchev–Trinajstić information content (AvgIpc) is 2.48. The van der Waals surface area contributed by atoms with E-state index in [0.717, 1.165) is 50.7 Å². The number of halogens is 1. The number of nitrogens with zero attached hydrogens (tertiary/aromatic N) is 2. The third-order valence-corrected chi connectivity index (χ3v) is 4.93. The number of likely N-dealkylation sites (N-methyl/N-ethyl adjacent to an activating group) is 1. The van der Waals surface area contributed by atoms with Gasteiger partial charge in [-0.25, -0.2) is 0 Å². The van der Waals surface area contributed by atoms with Crippen molar-refractivity contribution in [3.63, 3.8) is 0 Å². The van der Waals surface area contributed by atoms with Crippen LogP contribution in [0.25, 0.3) is 0 Å². The Bertz CT molecular complexity index is 246. The first-order chi connectivity index (χ1) is 9.33. The van der Waals surface area contributed by atoms with E-state index in [2.05, 4.69) is 32.7 Å². The van der Waals surface area contributed by atoms with Gasteiger partial charge in [0.25, 0.3) is 0 Å². The molecule has 1 unspecified atom stereocenters. The van der Waals surface area contributed by atoms with Gasteiger partial charge in [0.05, 0.1) is 12.7 Å². The van der Waals surface area contributed by atoms with Crippen molar-refractivity contribution in [2.75, 3.05) is 44.7 Å². The summed E-state index contributed by atoms with van der Waals surface area (Å²) < 4.78 is 5.98. The van der Waals surface area contributed by atoms with E-state index in [1.807, 2.05) is 0 Å². The Kier molecular flexibility index (Phi) is 7.13. The molecule has 2 fully saturated rings. The minimum absolute atomic E-state index is 0.412.